The van der Waals surface area contributed by atoms with Crippen LogP contribution in [0, 0.1) is 11.8 Å². The summed E-state index contributed by atoms with van der Waals surface area (Å²) in [7, 11) is 3.63. The summed E-state index contributed by atoms with van der Waals surface area (Å²) in [5.41, 5.74) is 4.69. The highest BCUT2D eigenvalue weighted by Gasteiger charge is 2.75. The number of ether oxygens (including phenoxy) is 1. The summed E-state index contributed by atoms with van der Waals surface area (Å²) in [6.07, 6.45) is 6.49. The van der Waals surface area contributed by atoms with E-state index < -0.39 is 46.0 Å². The number of aliphatic hydroxyl groups excluding tert-OH is 1. The Bertz CT molecular complexity index is 1950. The number of piperidine rings is 1. The van der Waals surface area contributed by atoms with Crippen LogP contribution in [-0.2, 0) is 22.0 Å². The minimum absolute atomic E-state index is 0.123. The lowest BCUT2D eigenvalue weighted by molar-refractivity contribution is -0.181. The monoisotopic (exact) mass is 696 g/mol. The zero-order valence-corrected chi connectivity index (χ0v) is 30.2. The third-order valence-corrected chi connectivity index (χ3v) is 14.3. The lowest BCUT2D eigenvalue weighted by Crippen LogP contribution is -2.79. The Balaban J connectivity index is 1.29. The Labute approximate surface area is 299 Å². The predicted molar refractivity (Wildman–Crippen MR) is 196 cm³/mol. The number of fused-ring (bicyclic) bond motifs is 6. The number of hydrazine groups is 1. The zero-order valence-electron chi connectivity index (χ0n) is 30.2. The first kappa shape index (κ1) is 33.4. The second kappa shape index (κ2) is 11.3. The highest BCUT2D eigenvalue weighted by Crippen LogP contribution is 2.64. The van der Waals surface area contributed by atoms with Crippen molar-refractivity contribution in [2.45, 2.75) is 86.2 Å². The van der Waals surface area contributed by atoms with Gasteiger partial charge in [-0.15, -0.1) is 0 Å². The van der Waals surface area contributed by atoms with E-state index in [1.54, 1.807) is 7.11 Å². The van der Waals surface area contributed by atoms with Crippen molar-refractivity contribution in [1.82, 2.24) is 20.2 Å². The molecule has 2 saturated heterocycles. The van der Waals surface area contributed by atoms with E-state index in [0.29, 0.717) is 19.4 Å². The van der Waals surface area contributed by atoms with Crippen molar-refractivity contribution in [2.24, 2.45) is 17.7 Å². The first-order chi connectivity index (χ1) is 24.4. The molecule has 1 amide bonds. The van der Waals surface area contributed by atoms with Crippen LogP contribution < -0.4 is 20.9 Å². The number of aromatic nitrogens is 1. The minimum Gasteiger partial charge on any atom is -0.496 e. The molecule has 6 aliphatic rings. The van der Waals surface area contributed by atoms with Gasteiger partial charge in [-0.1, -0.05) is 37.3 Å². The van der Waals surface area contributed by atoms with E-state index in [1.807, 2.05) is 24.1 Å². The van der Waals surface area contributed by atoms with Gasteiger partial charge in [0.1, 0.15) is 11.9 Å². The van der Waals surface area contributed by atoms with Crippen LogP contribution in [0.4, 0.5) is 5.69 Å². The van der Waals surface area contributed by atoms with Crippen LogP contribution in [0.5, 0.6) is 5.75 Å². The molecule has 6 heterocycles. The summed E-state index contributed by atoms with van der Waals surface area (Å²) in [6, 6.07) is 12.1. The lowest BCUT2D eigenvalue weighted by atomic mass is 9.54. The van der Waals surface area contributed by atoms with E-state index in [-0.39, 0.29) is 12.0 Å². The van der Waals surface area contributed by atoms with E-state index in [0.717, 1.165) is 73.5 Å². The number of nitrogens with one attached hydrogen (secondary N) is 2. The first-order valence-corrected chi connectivity index (χ1v) is 18.8. The summed E-state index contributed by atoms with van der Waals surface area (Å²) >= 11 is 0. The molecule has 0 radical (unpaired) electrons. The molecule has 3 fully saturated rings. The molecule has 7 N–H and O–H groups in total. The van der Waals surface area contributed by atoms with Crippen LogP contribution in [0.2, 0.25) is 0 Å². The molecule has 1 saturated carbocycles. The maximum absolute atomic E-state index is 13.7. The molecule has 11 nitrogen and oxygen atoms in total. The van der Waals surface area contributed by atoms with Gasteiger partial charge in [0.25, 0.3) is 5.91 Å². The number of hydrogen-bond acceptors (Lipinski definition) is 9. The average Bonchev–Trinajstić information content (AvgIpc) is 3.79. The van der Waals surface area contributed by atoms with Gasteiger partial charge in [-0.3, -0.25) is 20.0 Å². The van der Waals surface area contributed by atoms with Gasteiger partial charge in [-0.25, -0.2) is 5.84 Å². The number of aliphatic hydroxyl groups is 3. The van der Waals surface area contributed by atoms with Crippen LogP contribution in [0.1, 0.15) is 61.9 Å². The number of carbonyl (C=O) groups is 1. The fourth-order valence-electron chi connectivity index (χ4n) is 12.2. The number of likely N-dealkylation sites (N-methyl/N-ethyl adjacent to an activating group) is 1. The molecule has 51 heavy (non-hydrogen) atoms. The summed E-state index contributed by atoms with van der Waals surface area (Å²) in [5, 5.41) is 37.5. The second-order valence-corrected chi connectivity index (χ2v) is 16.8. The maximum atomic E-state index is 13.7. The Kier molecular flexibility index (Phi) is 7.38. The largest absolute Gasteiger partial charge is 0.496 e. The number of para-hydroxylation sites is 1. The molecule has 3 aromatic rings. The van der Waals surface area contributed by atoms with E-state index in [4.69, 9.17) is 10.6 Å². The summed E-state index contributed by atoms with van der Waals surface area (Å²) in [5.74, 6) is 5.48. The van der Waals surface area contributed by atoms with Gasteiger partial charge in [0.15, 0.2) is 5.60 Å². The number of aromatic amines is 1. The van der Waals surface area contributed by atoms with Gasteiger partial charge >= 0.3 is 0 Å². The smallest absolute Gasteiger partial charge is 0.270 e. The van der Waals surface area contributed by atoms with Crippen LogP contribution in [0.15, 0.2) is 48.6 Å². The van der Waals surface area contributed by atoms with Crippen molar-refractivity contribution in [1.29, 1.82) is 0 Å². The van der Waals surface area contributed by atoms with Crippen molar-refractivity contribution in [3.05, 3.63) is 70.9 Å². The van der Waals surface area contributed by atoms with Gasteiger partial charge in [-0.05, 0) is 74.8 Å². The molecule has 10 atom stereocenters. The summed E-state index contributed by atoms with van der Waals surface area (Å²) in [6.45, 7) is 8.44. The van der Waals surface area contributed by atoms with Gasteiger partial charge in [0.2, 0.25) is 0 Å². The highest BCUT2D eigenvalue weighted by molar-refractivity contribution is 5.90. The molecule has 5 aliphatic heterocycles. The van der Waals surface area contributed by atoms with Gasteiger partial charge in [0.05, 0.1) is 18.8 Å². The fraction of sp³-hybridized carbons (Fsp3) is 0.575. The molecule has 1 spiro atoms. The number of rotatable bonds is 4. The average molecular weight is 697 g/mol. The van der Waals surface area contributed by atoms with Gasteiger partial charge in [0, 0.05) is 89.9 Å². The molecule has 11 heteroatoms. The molecular formula is C40H52N6O5. The van der Waals surface area contributed by atoms with Crippen molar-refractivity contribution in [3.63, 3.8) is 0 Å². The standard InChI is InChI=1S/C40H52N6O5/c1-5-38(49)20-23-19-37(2,32-25(12-15-45(21-23)22-38)24-9-6-7-11-29(24)42-32)28-17-27-30(18-31(28)51-4)44(3)35-39(27)13-16-46-14-8-10-26(33(39)46)34(47)40(35,50)36(48)43-41/h6-11,17-18,23,26,33-35,42,47,49-50H,5,12-16,19-22,41H2,1-4H3,(H,43,48)/t23?,26?,33-,34+,35+,37+,38-,39+,40+/m0/s1. The summed E-state index contributed by atoms with van der Waals surface area (Å²) in [4.78, 5) is 24.5. The Morgan fingerprint density at radius 3 is 2.73 bits per heavy atom. The topological polar surface area (TPSA) is 151 Å². The number of carbonyl (C=O) groups excluding carboxylic acids is 1. The number of nitrogens with two attached hydrogens (primary N) is 1. The number of amides is 1. The van der Waals surface area contributed by atoms with Gasteiger partial charge in [-0.2, -0.15) is 0 Å². The Hall–Kier alpha value is -3.45. The number of hydrogen-bond donors (Lipinski definition) is 6. The Morgan fingerprint density at radius 2 is 1.96 bits per heavy atom. The number of anilines is 1. The fourth-order valence-corrected chi connectivity index (χ4v) is 12.2. The molecule has 1 aromatic heterocycles. The minimum atomic E-state index is -2.17. The predicted octanol–water partition coefficient (Wildman–Crippen LogP) is 2.30. The van der Waals surface area contributed by atoms with E-state index >= 15 is 0 Å². The number of benzene rings is 2. The van der Waals surface area contributed by atoms with Gasteiger partial charge < -0.3 is 29.9 Å². The van der Waals surface area contributed by atoms with Crippen molar-refractivity contribution in [2.75, 3.05) is 51.8 Å². The van der Waals surface area contributed by atoms with E-state index in [1.165, 1.54) is 16.6 Å². The molecule has 2 bridgehead atoms. The molecule has 1 aliphatic carbocycles. The van der Waals surface area contributed by atoms with E-state index in [2.05, 4.69) is 70.5 Å². The molecule has 9 rings (SSSR count). The van der Waals surface area contributed by atoms with Crippen molar-refractivity contribution < 1.29 is 24.9 Å². The van der Waals surface area contributed by atoms with Crippen LogP contribution in [0.25, 0.3) is 10.9 Å². The van der Waals surface area contributed by atoms with Crippen LogP contribution in [-0.4, -0.2) is 112 Å². The molecular weight excluding hydrogens is 644 g/mol. The zero-order chi connectivity index (χ0) is 35.7. The first-order valence-electron chi connectivity index (χ1n) is 18.8. The Morgan fingerprint density at radius 1 is 1.16 bits per heavy atom. The third-order valence-electron chi connectivity index (χ3n) is 14.3. The number of methoxy groups -OCH3 is 1. The number of nitrogens with zero attached hydrogens (tertiary/aromatic N) is 3. The van der Waals surface area contributed by atoms with Crippen molar-refractivity contribution >= 4 is 22.5 Å². The maximum Gasteiger partial charge on any atom is 0.270 e. The van der Waals surface area contributed by atoms with Crippen LogP contribution in [0.3, 0.4) is 0 Å². The molecule has 272 valence electrons. The third kappa shape index (κ3) is 4.30. The lowest BCUT2D eigenvalue weighted by Gasteiger charge is -2.58. The quantitative estimate of drug-likeness (QED) is 0.105. The number of H-pyrrole nitrogens is 1. The molecule has 3 unspecified atom stereocenters. The molecule has 2 aromatic carbocycles. The van der Waals surface area contributed by atoms with Crippen molar-refractivity contribution in [3.8, 4) is 5.75 Å². The second-order valence-electron chi connectivity index (χ2n) is 16.8. The highest BCUT2D eigenvalue weighted by atomic mass is 16.5. The SMILES string of the molecule is CC[C@]1(O)CC2CN(CCc3c([nH]c4ccccc34)[C@@](C)(c3cc4c(cc3OC)N(C)[C@H]3[C@@](O)(C(=O)NN)[C@H](O)C5C=CCN6CC[C@]43[C@H]56)C2)C1. The van der Waals surface area contributed by atoms with Crippen LogP contribution >= 0.6 is 0 Å². The normalized spacial score (nSPS) is 39.7. The summed E-state index contributed by atoms with van der Waals surface area (Å²) < 4.78 is 6.34. The van der Waals surface area contributed by atoms with E-state index in [9.17, 15) is 20.1 Å².